The number of amides is 2. The van der Waals surface area contributed by atoms with Gasteiger partial charge in [0.1, 0.15) is 11.9 Å². The van der Waals surface area contributed by atoms with Crippen LogP contribution in [0.15, 0.2) is 67.0 Å². The lowest BCUT2D eigenvalue weighted by atomic mass is 10.1. The maximum Gasteiger partial charge on any atom is 0.316 e. The van der Waals surface area contributed by atoms with Crippen molar-refractivity contribution in [1.82, 2.24) is 20.2 Å². The van der Waals surface area contributed by atoms with Gasteiger partial charge in [-0.1, -0.05) is 60.1 Å². The number of imidazole rings is 1. The van der Waals surface area contributed by atoms with Crippen molar-refractivity contribution in [3.05, 3.63) is 89.0 Å². The Balaban J connectivity index is 1.78. The number of carbonyl (C=O) groups is 1. The van der Waals surface area contributed by atoms with Crippen molar-refractivity contribution in [3.63, 3.8) is 0 Å². The largest absolute Gasteiger partial charge is 0.336 e. The van der Waals surface area contributed by atoms with E-state index in [0.29, 0.717) is 5.02 Å². The number of nitrogens with zero attached hydrogens (tertiary/aromatic N) is 2. The maximum atomic E-state index is 12.6. The molecular weight excluding hydrogens is 348 g/mol. The first kappa shape index (κ1) is 18.0. The second-order valence-electron chi connectivity index (χ2n) is 6.10. The van der Waals surface area contributed by atoms with Crippen molar-refractivity contribution in [2.45, 2.75) is 19.0 Å². The van der Waals surface area contributed by atoms with E-state index in [0.717, 1.165) is 17.0 Å². The Hall–Kier alpha value is -2.79. The molecule has 2 N–H and O–H groups in total. The van der Waals surface area contributed by atoms with Crippen LogP contribution in [-0.2, 0) is 7.05 Å². The van der Waals surface area contributed by atoms with E-state index in [1.54, 1.807) is 6.20 Å². The number of nitrogens with one attached hydrogen (secondary N) is 2. The summed E-state index contributed by atoms with van der Waals surface area (Å²) < 4.78 is 1.90. The zero-order valence-corrected chi connectivity index (χ0v) is 15.4. The first-order chi connectivity index (χ1) is 12.6. The van der Waals surface area contributed by atoms with Crippen LogP contribution in [0.3, 0.4) is 0 Å². The van der Waals surface area contributed by atoms with Gasteiger partial charge in [-0.2, -0.15) is 0 Å². The summed E-state index contributed by atoms with van der Waals surface area (Å²) in [5.41, 5.74) is 1.83. The molecule has 0 spiro atoms. The molecule has 2 unspecified atom stereocenters. The lowest BCUT2D eigenvalue weighted by Crippen LogP contribution is -2.40. The molecule has 26 heavy (non-hydrogen) atoms. The highest BCUT2D eigenvalue weighted by Crippen LogP contribution is 2.23. The number of halogens is 1. The molecule has 2 atom stereocenters. The molecule has 0 bridgehead atoms. The number of aryl methyl sites for hydroxylation is 1. The van der Waals surface area contributed by atoms with Gasteiger partial charge in [0.05, 0.1) is 6.04 Å². The van der Waals surface area contributed by atoms with Crippen molar-refractivity contribution in [1.29, 1.82) is 0 Å². The molecule has 3 rings (SSSR count). The normalized spacial score (nSPS) is 13.0. The molecule has 0 saturated heterocycles. The van der Waals surface area contributed by atoms with Crippen LogP contribution in [0.1, 0.15) is 36.0 Å². The molecule has 0 fully saturated rings. The van der Waals surface area contributed by atoms with Crippen LogP contribution in [0.5, 0.6) is 0 Å². The van der Waals surface area contributed by atoms with Gasteiger partial charge in [-0.3, -0.25) is 0 Å². The molecule has 134 valence electrons. The summed E-state index contributed by atoms with van der Waals surface area (Å²) in [4.78, 5) is 17.0. The van der Waals surface area contributed by atoms with E-state index in [1.165, 1.54) is 0 Å². The van der Waals surface area contributed by atoms with Crippen molar-refractivity contribution < 1.29 is 4.79 Å². The average Bonchev–Trinajstić information content (AvgIpc) is 3.06. The molecule has 5 nitrogen and oxygen atoms in total. The minimum absolute atomic E-state index is 0.221. The third-order valence-corrected chi connectivity index (χ3v) is 4.59. The Morgan fingerprint density at radius 2 is 1.77 bits per heavy atom. The van der Waals surface area contributed by atoms with Crippen molar-refractivity contribution >= 4 is 17.6 Å². The third kappa shape index (κ3) is 4.06. The molecule has 1 heterocycles. The maximum absolute atomic E-state index is 12.6. The second-order valence-corrected chi connectivity index (χ2v) is 6.51. The molecule has 1 aromatic heterocycles. The highest BCUT2D eigenvalue weighted by atomic mass is 35.5. The smallest absolute Gasteiger partial charge is 0.316 e. The molecule has 0 aliphatic heterocycles. The highest BCUT2D eigenvalue weighted by molar-refractivity contribution is 6.31. The molecule has 0 aliphatic carbocycles. The van der Waals surface area contributed by atoms with Crippen LogP contribution in [0.25, 0.3) is 0 Å². The van der Waals surface area contributed by atoms with Gasteiger partial charge in [0.25, 0.3) is 0 Å². The Bertz CT molecular complexity index is 878. The second kappa shape index (κ2) is 8.06. The van der Waals surface area contributed by atoms with Gasteiger partial charge < -0.3 is 15.2 Å². The molecule has 0 radical (unpaired) electrons. The third-order valence-electron chi connectivity index (χ3n) is 4.24. The van der Waals surface area contributed by atoms with Crippen molar-refractivity contribution in [2.75, 3.05) is 0 Å². The van der Waals surface area contributed by atoms with E-state index < -0.39 is 0 Å². The number of benzene rings is 2. The molecule has 0 aliphatic rings. The summed E-state index contributed by atoms with van der Waals surface area (Å²) in [7, 11) is 1.91. The standard InChI is InChI=1S/C20H21ClN4O/c1-14(16-10-6-7-11-17(16)21)23-20(26)24-18(15-8-4-3-5-9-15)19-22-12-13-25(19)2/h3-14,18H,1-2H3,(H2,23,24,26). The van der Waals surface area contributed by atoms with Crippen LogP contribution in [-0.4, -0.2) is 15.6 Å². The summed E-state index contributed by atoms with van der Waals surface area (Å²) in [6.07, 6.45) is 3.58. The monoisotopic (exact) mass is 368 g/mol. The SMILES string of the molecule is CC(NC(=O)NC(c1ccccc1)c1nccn1C)c1ccccc1Cl. The van der Waals surface area contributed by atoms with Gasteiger partial charge in [0.15, 0.2) is 0 Å². The number of hydrogen-bond donors (Lipinski definition) is 2. The van der Waals surface area contributed by atoms with Gasteiger partial charge in [-0.25, -0.2) is 9.78 Å². The van der Waals surface area contributed by atoms with Crippen LogP contribution in [0.4, 0.5) is 4.79 Å². The van der Waals surface area contributed by atoms with Gasteiger partial charge in [0, 0.05) is 24.5 Å². The Kier molecular flexibility index (Phi) is 5.58. The summed E-state index contributed by atoms with van der Waals surface area (Å²) in [6, 6.07) is 16.4. The highest BCUT2D eigenvalue weighted by Gasteiger charge is 2.21. The molecule has 3 aromatic rings. The zero-order chi connectivity index (χ0) is 18.5. The zero-order valence-electron chi connectivity index (χ0n) is 14.7. The summed E-state index contributed by atoms with van der Waals surface area (Å²) in [5, 5.41) is 6.60. The fraction of sp³-hybridized carbons (Fsp3) is 0.200. The lowest BCUT2D eigenvalue weighted by Gasteiger charge is -2.22. The number of aromatic nitrogens is 2. The van der Waals surface area contributed by atoms with E-state index in [4.69, 9.17) is 11.6 Å². The van der Waals surface area contributed by atoms with E-state index in [2.05, 4.69) is 15.6 Å². The lowest BCUT2D eigenvalue weighted by molar-refractivity contribution is 0.235. The van der Waals surface area contributed by atoms with Gasteiger partial charge in [-0.05, 0) is 24.1 Å². The van der Waals surface area contributed by atoms with E-state index >= 15 is 0 Å². The van der Waals surface area contributed by atoms with Gasteiger partial charge in [0.2, 0.25) is 0 Å². The Labute approximate surface area is 158 Å². The van der Waals surface area contributed by atoms with Gasteiger partial charge in [-0.15, -0.1) is 0 Å². The quantitative estimate of drug-likeness (QED) is 0.708. The Morgan fingerprint density at radius 3 is 2.42 bits per heavy atom. The molecule has 0 saturated carbocycles. The van der Waals surface area contributed by atoms with Crippen LogP contribution >= 0.6 is 11.6 Å². The minimum atomic E-state index is -0.352. The first-order valence-corrected chi connectivity index (χ1v) is 8.77. The summed E-state index contributed by atoms with van der Waals surface area (Å²) in [5.74, 6) is 0.761. The van der Waals surface area contributed by atoms with E-state index in [9.17, 15) is 4.79 Å². The van der Waals surface area contributed by atoms with Crippen molar-refractivity contribution in [2.24, 2.45) is 7.05 Å². The number of carbonyl (C=O) groups excluding carboxylic acids is 1. The number of urea groups is 1. The fourth-order valence-electron chi connectivity index (χ4n) is 2.87. The van der Waals surface area contributed by atoms with Crippen LogP contribution in [0, 0.1) is 0 Å². The first-order valence-electron chi connectivity index (χ1n) is 8.40. The number of hydrogen-bond acceptors (Lipinski definition) is 2. The predicted octanol–water partition coefficient (Wildman–Crippen LogP) is 4.22. The average molecular weight is 369 g/mol. The Morgan fingerprint density at radius 1 is 1.08 bits per heavy atom. The van der Waals surface area contributed by atoms with Crippen LogP contribution in [0.2, 0.25) is 5.02 Å². The molecule has 6 heteroatoms. The minimum Gasteiger partial charge on any atom is -0.336 e. The van der Waals surface area contributed by atoms with E-state index in [-0.39, 0.29) is 18.1 Å². The van der Waals surface area contributed by atoms with E-state index in [1.807, 2.05) is 79.3 Å². The molecule has 2 amide bonds. The van der Waals surface area contributed by atoms with Crippen molar-refractivity contribution in [3.8, 4) is 0 Å². The molecule has 2 aromatic carbocycles. The van der Waals surface area contributed by atoms with Crippen LogP contribution < -0.4 is 10.6 Å². The summed E-state index contributed by atoms with van der Waals surface area (Å²) >= 11 is 6.22. The fourth-order valence-corrected chi connectivity index (χ4v) is 3.17. The molecular formula is C20H21ClN4O. The number of rotatable bonds is 5. The van der Waals surface area contributed by atoms with Gasteiger partial charge >= 0.3 is 6.03 Å². The summed E-state index contributed by atoms with van der Waals surface area (Å²) in [6.45, 7) is 1.90. The topological polar surface area (TPSA) is 59.0 Å². The predicted molar refractivity (Wildman–Crippen MR) is 103 cm³/mol.